The minimum absolute atomic E-state index is 0.0646. The summed E-state index contributed by atoms with van der Waals surface area (Å²) < 4.78 is 5.25. The number of nitrogens with zero attached hydrogens (tertiary/aromatic N) is 1. The molecule has 0 aliphatic heterocycles. The minimum atomic E-state index is -0.368. The molecule has 1 amide bonds. The molecule has 1 N–H and O–H groups in total. The molecule has 0 aliphatic carbocycles. The van der Waals surface area contributed by atoms with E-state index in [-0.39, 0.29) is 22.7 Å². The Labute approximate surface area is 186 Å². The Kier molecular flexibility index (Phi) is 7.66. The first-order valence-electron chi connectivity index (χ1n) is 10.7. The molecule has 0 saturated carbocycles. The third-order valence-corrected chi connectivity index (χ3v) is 5.08. The second kappa shape index (κ2) is 9.65. The molecule has 0 fully saturated rings. The van der Waals surface area contributed by atoms with E-state index in [9.17, 15) is 9.59 Å². The van der Waals surface area contributed by atoms with Gasteiger partial charge >= 0.3 is 5.97 Å². The van der Waals surface area contributed by atoms with E-state index in [1.807, 2.05) is 31.1 Å². The summed E-state index contributed by atoms with van der Waals surface area (Å²) in [6.07, 6.45) is 0. The van der Waals surface area contributed by atoms with Crippen molar-refractivity contribution in [3.8, 4) is 0 Å². The lowest BCUT2D eigenvalue weighted by atomic mass is 9.79. The van der Waals surface area contributed by atoms with Gasteiger partial charge < -0.3 is 15.0 Å². The number of amides is 1. The van der Waals surface area contributed by atoms with Crippen LogP contribution < -0.4 is 5.32 Å². The molecular formula is C26H36N2O3. The summed E-state index contributed by atoms with van der Waals surface area (Å²) in [5.74, 6) is -0.537. The van der Waals surface area contributed by atoms with Gasteiger partial charge in [-0.15, -0.1) is 0 Å². The van der Waals surface area contributed by atoms with Crippen molar-refractivity contribution in [2.24, 2.45) is 0 Å². The standard InChI is InChI=1S/C26H36N2O3/c1-25(2,3)20-15-19(16-21(17-20)26(4,5)6)23(29)27-22-11-9-18(10-12-22)24(30)31-14-13-28(7)8/h9-12,15-17H,13-14H2,1-8H3,(H,27,29). The molecule has 0 unspecified atom stereocenters. The highest BCUT2D eigenvalue weighted by molar-refractivity contribution is 6.04. The van der Waals surface area contributed by atoms with Crippen molar-refractivity contribution in [1.82, 2.24) is 4.90 Å². The maximum Gasteiger partial charge on any atom is 0.338 e. The first-order chi connectivity index (χ1) is 14.3. The Bertz CT molecular complexity index is 885. The van der Waals surface area contributed by atoms with Crippen molar-refractivity contribution >= 4 is 17.6 Å². The van der Waals surface area contributed by atoms with E-state index < -0.39 is 0 Å². The van der Waals surface area contributed by atoms with Crippen LogP contribution in [-0.4, -0.2) is 44.0 Å². The van der Waals surface area contributed by atoms with Gasteiger partial charge in [0.15, 0.2) is 0 Å². The zero-order valence-electron chi connectivity index (χ0n) is 20.1. The van der Waals surface area contributed by atoms with Crippen LogP contribution in [0, 0.1) is 0 Å². The fourth-order valence-electron chi connectivity index (χ4n) is 2.92. The number of esters is 1. The van der Waals surface area contributed by atoms with Crippen molar-refractivity contribution < 1.29 is 14.3 Å². The predicted octanol–water partition coefficient (Wildman–Crippen LogP) is 5.25. The second-order valence-electron chi connectivity index (χ2n) is 10.3. The van der Waals surface area contributed by atoms with Gasteiger partial charge in [0.1, 0.15) is 6.61 Å². The number of anilines is 1. The lowest BCUT2D eigenvalue weighted by molar-refractivity contribution is 0.0482. The molecule has 0 spiro atoms. The minimum Gasteiger partial charge on any atom is -0.461 e. The Morgan fingerprint density at radius 3 is 1.81 bits per heavy atom. The van der Waals surface area contributed by atoms with E-state index in [4.69, 9.17) is 4.74 Å². The van der Waals surface area contributed by atoms with Crippen molar-refractivity contribution in [2.45, 2.75) is 52.4 Å². The average molecular weight is 425 g/mol. The average Bonchev–Trinajstić information content (AvgIpc) is 2.66. The molecule has 0 heterocycles. The summed E-state index contributed by atoms with van der Waals surface area (Å²) in [7, 11) is 3.85. The number of carbonyl (C=O) groups excluding carboxylic acids is 2. The third-order valence-electron chi connectivity index (χ3n) is 5.08. The number of rotatable bonds is 6. The van der Waals surface area contributed by atoms with Crippen molar-refractivity contribution in [1.29, 1.82) is 0 Å². The number of hydrogen-bond acceptors (Lipinski definition) is 4. The van der Waals surface area contributed by atoms with E-state index in [1.165, 1.54) is 0 Å². The topological polar surface area (TPSA) is 58.6 Å². The summed E-state index contributed by atoms with van der Waals surface area (Å²) in [6, 6.07) is 12.9. The molecule has 0 saturated heterocycles. The van der Waals surface area contributed by atoms with E-state index in [2.05, 4.69) is 52.9 Å². The van der Waals surface area contributed by atoms with Gasteiger partial charge in [0.25, 0.3) is 5.91 Å². The monoisotopic (exact) mass is 424 g/mol. The number of nitrogens with one attached hydrogen (secondary N) is 1. The van der Waals surface area contributed by atoms with Gasteiger partial charge in [-0.1, -0.05) is 47.6 Å². The fraction of sp³-hybridized carbons (Fsp3) is 0.462. The highest BCUT2D eigenvalue weighted by atomic mass is 16.5. The SMILES string of the molecule is CN(C)CCOC(=O)c1ccc(NC(=O)c2cc(C(C)(C)C)cc(C(C)(C)C)c2)cc1. The van der Waals surface area contributed by atoms with Crippen LogP contribution in [-0.2, 0) is 15.6 Å². The van der Waals surface area contributed by atoms with Crippen LogP contribution >= 0.6 is 0 Å². The molecule has 0 radical (unpaired) electrons. The van der Waals surface area contributed by atoms with E-state index in [1.54, 1.807) is 24.3 Å². The van der Waals surface area contributed by atoms with E-state index in [0.717, 1.165) is 11.1 Å². The van der Waals surface area contributed by atoms with E-state index >= 15 is 0 Å². The lowest BCUT2D eigenvalue weighted by Gasteiger charge is -2.26. The number of ether oxygens (including phenoxy) is 1. The first-order valence-corrected chi connectivity index (χ1v) is 10.7. The second-order valence-corrected chi connectivity index (χ2v) is 10.3. The van der Waals surface area contributed by atoms with Gasteiger partial charge in [0.2, 0.25) is 0 Å². The summed E-state index contributed by atoms with van der Waals surface area (Å²) in [6.45, 7) is 13.9. The van der Waals surface area contributed by atoms with Crippen molar-refractivity contribution in [3.05, 3.63) is 64.7 Å². The molecule has 0 aliphatic rings. The number of benzene rings is 2. The quantitative estimate of drug-likeness (QED) is 0.643. The lowest BCUT2D eigenvalue weighted by Crippen LogP contribution is -2.20. The smallest absolute Gasteiger partial charge is 0.338 e. The highest BCUT2D eigenvalue weighted by Crippen LogP contribution is 2.30. The highest BCUT2D eigenvalue weighted by Gasteiger charge is 2.22. The van der Waals surface area contributed by atoms with Crippen LogP contribution in [0.15, 0.2) is 42.5 Å². The molecule has 2 rings (SSSR count). The number of carbonyl (C=O) groups is 2. The van der Waals surface area contributed by atoms with Crippen LogP contribution in [0.2, 0.25) is 0 Å². The van der Waals surface area contributed by atoms with Crippen LogP contribution in [0.4, 0.5) is 5.69 Å². The maximum atomic E-state index is 13.0. The number of likely N-dealkylation sites (N-methyl/N-ethyl adjacent to an activating group) is 1. The van der Waals surface area contributed by atoms with Gasteiger partial charge in [-0.25, -0.2) is 4.79 Å². The Morgan fingerprint density at radius 1 is 0.839 bits per heavy atom. The van der Waals surface area contributed by atoms with Gasteiger partial charge in [0, 0.05) is 17.8 Å². The Morgan fingerprint density at radius 2 is 1.35 bits per heavy atom. The molecule has 2 aromatic carbocycles. The van der Waals surface area contributed by atoms with Gasteiger partial charge in [0.05, 0.1) is 5.56 Å². The molecule has 5 heteroatoms. The Hall–Kier alpha value is -2.66. The maximum absolute atomic E-state index is 13.0. The zero-order valence-corrected chi connectivity index (χ0v) is 20.1. The van der Waals surface area contributed by atoms with Gasteiger partial charge in [-0.05, 0) is 72.5 Å². The largest absolute Gasteiger partial charge is 0.461 e. The molecule has 2 aromatic rings. The fourth-order valence-corrected chi connectivity index (χ4v) is 2.92. The predicted molar refractivity (Wildman–Crippen MR) is 127 cm³/mol. The first kappa shape index (κ1) is 24.6. The molecule has 31 heavy (non-hydrogen) atoms. The summed E-state index contributed by atoms with van der Waals surface area (Å²) >= 11 is 0. The molecular weight excluding hydrogens is 388 g/mol. The molecule has 0 atom stereocenters. The molecule has 5 nitrogen and oxygen atoms in total. The molecule has 168 valence electrons. The van der Waals surface area contributed by atoms with Crippen LogP contribution in [0.1, 0.15) is 73.4 Å². The normalized spacial score (nSPS) is 12.0. The van der Waals surface area contributed by atoms with Crippen molar-refractivity contribution in [3.63, 3.8) is 0 Å². The summed E-state index contributed by atoms with van der Waals surface area (Å²) in [4.78, 5) is 27.1. The van der Waals surface area contributed by atoms with Crippen molar-refractivity contribution in [2.75, 3.05) is 32.6 Å². The zero-order chi connectivity index (χ0) is 23.4. The Balaban J connectivity index is 2.17. The molecule has 0 aromatic heterocycles. The summed E-state index contributed by atoms with van der Waals surface area (Å²) in [5.41, 5.74) is 3.84. The summed E-state index contributed by atoms with van der Waals surface area (Å²) in [5, 5.41) is 2.94. The van der Waals surface area contributed by atoms with Crippen LogP contribution in [0.25, 0.3) is 0 Å². The number of hydrogen-bond donors (Lipinski definition) is 1. The van der Waals surface area contributed by atoms with E-state index in [0.29, 0.717) is 30.0 Å². The van der Waals surface area contributed by atoms with Gasteiger partial charge in [-0.2, -0.15) is 0 Å². The third kappa shape index (κ3) is 7.21. The van der Waals surface area contributed by atoms with Crippen LogP contribution in [0.3, 0.4) is 0 Å². The van der Waals surface area contributed by atoms with Crippen LogP contribution in [0.5, 0.6) is 0 Å². The molecule has 0 bridgehead atoms. The van der Waals surface area contributed by atoms with Gasteiger partial charge in [-0.3, -0.25) is 4.79 Å².